The van der Waals surface area contributed by atoms with Gasteiger partial charge in [-0.25, -0.2) is 0 Å². The Balaban J connectivity index is 2.32. The number of aromatic hydroxyl groups is 1. The first-order valence-electron chi connectivity index (χ1n) is 10.7. The first kappa shape index (κ1) is 23.5. The molecule has 0 amide bonds. The fraction of sp³-hybridized carbons (Fsp3) is 0.400. The van der Waals surface area contributed by atoms with Crippen molar-refractivity contribution in [2.45, 2.75) is 59.2 Å². The molecule has 7 heteroatoms. The number of benzene rings is 2. The van der Waals surface area contributed by atoms with E-state index in [0.29, 0.717) is 17.5 Å². The second kappa shape index (κ2) is 8.74. The predicted molar refractivity (Wildman–Crippen MR) is 117 cm³/mol. The van der Waals surface area contributed by atoms with Crippen molar-refractivity contribution in [1.29, 1.82) is 0 Å². The number of esters is 1. The highest BCUT2D eigenvalue weighted by molar-refractivity contribution is 6.14. The molecule has 1 heterocycles. The predicted octanol–water partition coefficient (Wildman–Crippen LogP) is 3.65. The Labute approximate surface area is 187 Å². The highest BCUT2D eigenvalue weighted by atomic mass is 16.6. The van der Waals surface area contributed by atoms with Gasteiger partial charge in [-0.15, -0.1) is 0 Å². The molecule has 0 aromatic heterocycles. The van der Waals surface area contributed by atoms with Crippen LogP contribution in [0.2, 0.25) is 0 Å². The molecular weight excluding hydrogens is 412 g/mol. The van der Waals surface area contributed by atoms with Crippen LogP contribution in [-0.2, 0) is 14.3 Å². The quantitative estimate of drug-likeness (QED) is 0.499. The first-order valence-corrected chi connectivity index (χ1v) is 10.7. The van der Waals surface area contributed by atoms with Gasteiger partial charge in [0.1, 0.15) is 11.5 Å². The maximum Gasteiger partial charge on any atom is 0.320 e. The van der Waals surface area contributed by atoms with Crippen molar-refractivity contribution in [2.24, 2.45) is 0 Å². The Bertz CT molecular complexity index is 1080. The number of hydrogen-bond donors (Lipinski definition) is 2. The summed E-state index contributed by atoms with van der Waals surface area (Å²) in [7, 11) is 0. The number of phenols is 1. The third-order valence-corrected chi connectivity index (χ3v) is 5.89. The second-order valence-electron chi connectivity index (χ2n) is 8.07. The Morgan fingerprint density at radius 1 is 1.06 bits per heavy atom. The molecule has 2 N–H and O–H groups in total. The number of aryl methyl sites for hydroxylation is 1. The zero-order chi connectivity index (χ0) is 23.8. The van der Waals surface area contributed by atoms with Gasteiger partial charge in [-0.1, -0.05) is 36.8 Å². The Kier molecular flexibility index (Phi) is 6.41. The molecule has 2 aromatic carbocycles. The van der Waals surface area contributed by atoms with Crippen molar-refractivity contribution in [3.63, 3.8) is 0 Å². The summed E-state index contributed by atoms with van der Waals surface area (Å²) in [5.74, 6) is -6.56. The van der Waals surface area contributed by atoms with Gasteiger partial charge in [-0.2, -0.15) is 0 Å². The Hall–Kier alpha value is -3.19. The van der Waals surface area contributed by atoms with Gasteiger partial charge in [0.15, 0.2) is 11.7 Å². The van der Waals surface area contributed by atoms with Crippen LogP contribution in [0.15, 0.2) is 24.3 Å². The van der Waals surface area contributed by atoms with E-state index in [0.717, 1.165) is 5.56 Å². The molecule has 3 rings (SSSR count). The topological polar surface area (TPSA) is 110 Å². The molecule has 0 bridgehead atoms. The molecule has 0 fully saturated rings. The molecule has 0 spiro atoms. The average Bonchev–Trinajstić information content (AvgIpc) is 3.07. The van der Waals surface area contributed by atoms with Crippen molar-refractivity contribution in [3.05, 3.63) is 57.6 Å². The zero-order valence-electron chi connectivity index (χ0n) is 18.9. The normalized spacial score (nSPS) is 19.2. The number of rotatable bonds is 7. The lowest BCUT2D eigenvalue weighted by atomic mass is 9.82. The lowest BCUT2D eigenvalue weighted by Crippen LogP contribution is -2.49. The number of hydrogen-bond acceptors (Lipinski definition) is 7. The highest BCUT2D eigenvalue weighted by Gasteiger charge is 2.59. The number of aliphatic hydroxyl groups is 1. The van der Waals surface area contributed by atoms with Crippen LogP contribution in [-0.4, -0.2) is 40.1 Å². The van der Waals surface area contributed by atoms with Crippen LogP contribution in [0.3, 0.4) is 0 Å². The largest absolute Gasteiger partial charge is 0.507 e. The van der Waals surface area contributed by atoms with Crippen molar-refractivity contribution >= 4 is 17.5 Å². The summed E-state index contributed by atoms with van der Waals surface area (Å²) in [5.41, 5.74) is 1.81. The van der Waals surface area contributed by atoms with E-state index in [2.05, 4.69) is 0 Å². The zero-order valence-corrected chi connectivity index (χ0v) is 18.9. The van der Waals surface area contributed by atoms with Crippen LogP contribution >= 0.6 is 0 Å². The summed E-state index contributed by atoms with van der Waals surface area (Å²) in [6.07, 6.45) is 0.389. The minimum absolute atomic E-state index is 0.000776. The third-order valence-electron chi connectivity index (χ3n) is 5.89. The van der Waals surface area contributed by atoms with Gasteiger partial charge in [0, 0.05) is 17.5 Å². The summed E-state index contributed by atoms with van der Waals surface area (Å²) in [6.45, 7) is 8.47. The van der Waals surface area contributed by atoms with E-state index < -0.39 is 29.2 Å². The minimum Gasteiger partial charge on any atom is -0.507 e. The van der Waals surface area contributed by atoms with Crippen LogP contribution in [0, 0.1) is 20.8 Å². The molecule has 1 aliphatic rings. The van der Waals surface area contributed by atoms with Crippen LogP contribution in [0.1, 0.15) is 70.8 Å². The van der Waals surface area contributed by atoms with Crippen LogP contribution in [0.5, 0.6) is 11.5 Å². The number of phenolic OH excluding ortho intramolecular Hbond substituents is 1. The molecule has 7 nitrogen and oxygen atoms in total. The fourth-order valence-corrected chi connectivity index (χ4v) is 4.00. The maximum absolute atomic E-state index is 13.5. The van der Waals surface area contributed by atoms with Gasteiger partial charge in [0.25, 0.3) is 5.79 Å². The molecule has 2 unspecified atom stereocenters. The van der Waals surface area contributed by atoms with Crippen LogP contribution in [0.4, 0.5) is 0 Å². The number of fused-ring (bicyclic) bond motifs is 1. The number of carbonyl (C=O) groups is 3. The molecule has 0 saturated heterocycles. The number of Topliss-reactive ketones (excluding diaryl/α,β-unsaturated/α-hetero) is 1. The highest BCUT2D eigenvalue weighted by Crippen LogP contribution is 2.52. The third kappa shape index (κ3) is 3.66. The average molecular weight is 440 g/mol. The van der Waals surface area contributed by atoms with Gasteiger partial charge in [0.05, 0.1) is 12.2 Å². The lowest BCUT2D eigenvalue weighted by Gasteiger charge is -2.26. The van der Waals surface area contributed by atoms with E-state index in [-0.39, 0.29) is 41.2 Å². The summed E-state index contributed by atoms with van der Waals surface area (Å²) in [4.78, 5) is 39.4. The van der Waals surface area contributed by atoms with Gasteiger partial charge in [-0.05, 0) is 45.2 Å². The summed E-state index contributed by atoms with van der Waals surface area (Å²) >= 11 is 0. The minimum atomic E-state index is -2.53. The fourth-order valence-electron chi connectivity index (χ4n) is 4.00. The van der Waals surface area contributed by atoms with Gasteiger partial charge in [-0.3, -0.25) is 14.4 Å². The summed E-state index contributed by atoms with van der Waals surface area (Å²) in [5, 5.41) is 22.3. The van der Waals surface area contributed by atoms with Gasteiger partial charge in [0.2, 0.25) is 5.78 Å². The van der Waals surface area contributed by atoms with E-state index >= 15 is 0 Å². The smallest absolute Gasteiger partial charge is 0.320 e. The summed E-state index contributed by atoms with van der Waals surface area (Å²) < 4.78 is 10.9. The van der Waals surface area contributed by atoms with Crippen LogP contribution < -0.4 is 4.74 Å². The molecule has 32 heavy (non-hydrogen) atoms. The van der Waals surface area contributed by atoms with E-state index in [1.54, 1.807) is 52.0 Å². The molecule has 2 aromatic rings. The molecule has 0 aliphatic carbocycles. The van der Waals surface area contributed by atoms with E-state index in [1.165, 1.54) is 0 Å². The monoisotopic (exact) mass is 440 g/mol. The molecule has 0 radical (unpaired) electrons. The molecule has 2 atom stereocenters. The number of ketones is 2. The van der Waals surface area contributed by atoms with Crippen LogP contribution in [0.25, 0.3) is 0 Å². The lowest BCUT2D eigenvalue weighted by molar-refractivity contribution is -0.184. The van der Waals surface area contributed by atoms with Crippen molar-refractivity contribution < 1.29 is 34.1 Å². The molecule has 0 saturated carbocycles. The summed E-state index contributed by atoms with van der Waals surface area (Å²) in [6, 6.07) is 6.74. The second-order valence-corrected chi connectivity index (χ2v) is 8.07. The van der Waals surface area contributed by atoms with E-state index in [4.69, 9.17) is 9.47 Å². The van der Waals surface area contributed by atoms with Gasteiger partial charge < -0.3 is 19.7 Å². The molecule has 1 aliphatic heterocycles. The number of ether oxygens (including phenoxy) is 2. The Morgan fingerprint density at radius 3 is 2.25 bits per heavy atom. The van der Waals surface area contributed by atoms with Crippen molar-refractivity contribution in [3.8, 4) is 11.5 Å². The first-order chi connectivity index (χ1) is 15.1. The number of carbonyl (C=O) groups excluding carboxylic acids is 3. The molecule has 170 valence electrons. The maximum atomic E-state index is 13.5. The SMILES string of the molecule is CCCC(=O)C1(O)Oc2c(C)c(C)c(O)c(C(=O)c3ccc(C)cc3)c2C1C(=O)OCC. The van der Waals surface area contributed by atoms with Crippen molar-refractivity contribution in [2.75, 3.05) is 6.61 Å². The van der Waals surface area contributed by atoms with E-state index in [9.17, 15) is 24.6 Å². The molecular formula is C25H28O7. The van der Waals surface area contributed by atoms with Crippen molar-refractivity contribution in [1.82, 2.24) is 0 Å². The van der Waals surface area contributed by atoms with E-state index in [1.807, 2.05) is 6.92 Å². The van der Waals surface area contributed by atoms with Gasteiger partial charge >= 0.3 is 5.97 Å². The Morgan fingerprint density at radius 2 is 1.69 bits per heavy atom. The standard InChI is InChI=1S/C25H28O7/c1-6-8-17(26)25(30)20(24(29)31-7-2)18-19(21(27)14(4)15(5)23(18)32-25)22(28)16-11-9-13(3)10-12-16/h9-12,20,27,30H,6-8H2,1-5H3.